The maximum absolute atomic E-state index is 12.9. The molecule has 0 aromatic heterocycles. The van der Waals surface area contributed by atoms with E-state index in [0.717, 1.165) is 33.6 Å². The lowest BCUT2D eigenvalue weighted by molar-refractivity contribution is 0.0990. The number of rotatable bonds is 4. The molecule has 3 aromatic carbocycles. The molecule has 0 aliphatic rings. The summed E-state index contributed by atoms with van der Waals surface area (Å²) in [6.07, 6.45) is 0. The summed E-state index contributed by atoms with van der Waals surface area (Å²) in [6.45, 7) is 7.79. The predicted molar refractivity (Wildman–Crippen MR) is 114 cm³/mol. The second-order valence-electron chi connectivity index (χ2n) is 6.99. The van der Waals surface area contributed by atoms with Crippen LogP contribution in [-0.2, 0) is 0 Å². The molecule has 0 saturated heterocycles. The van der Waals surface area contributed by atoms with E-state index in [4.69, 9.17) is 0 Å². The van der Waals surface area contributed by atoms with Gasteiger partial charge in [-0.15, -0.1) is 0 Å². The molecule has 3 aromatic rings. The second-order valence-corrected chi connectivity index (χ2v) is 6.99. The Labute approximate surface area is 165 Å². The largest absolute Gasteiger partial charge is 0.321 e. The lowest BCUT2D eigenvalue weighted by atomic mass is 10.0. The maximum atomic E-state index is 12.9. The maximum Gasteiger partial charge on any atom is 0.256 e. The Morgan fingerprint density at radius 3 is 1.18 bits per heavy atom. The van der Waals surface area contributed by atoms with E-state index in [-0.39, 0.29) is 11.8 Å². The highest BCUT2D eigenvalue weighted by molar-refractivity contribution is 6.15. The first-order valence-corrected chi connectivity index (χ1v) is 9.22. The third-order valence-corrected chi connectivity index (χ3v) is 4.86. The van der Waals surface area contributed by atoms with Crippen LogP contribution in [0, 0.1) is 27.7 Å². The van der Waals surface area contributed by atoms with Gasteiger partial charge in [0.05, 0.1) is 11.1 Å². The molecular formula is C24H24N2O2. The van der Waals surface area contributed by atoms with Crippen molar-refractivity contribution >= 4 is 23.2 Å². The normalized spacial score (nSPS) is 10.4. The molecule has 0 unspecified atom stereocenters. The molecular weight excluding hydrogens is 348 g/mol. The van der Waals surface area contributed by atoms with Crippen LogP contribution in [0.4, 0.5) is 11.4 Å². The van der Waals surface area contributed by atoms with E-state index in [2.05, 4.69) is 10.6 Å². The molecule has 0 fully saturated rings. The molecule has 0 atom stereocenters. The van der Waals surface area contributed by atoms with E-state index in [9.17, 15) is 9.59 Å². The number of hydrogen-bond acceptors (Lipinski definition) is 2. The Morgan fingerprint density at radius 2 is 0.857 bits per heavy atom. The summed E-state index contributed by atoms with van der Waals surface area (Å²) in [7, 11) is 0. The summed E-state index contributed by atoms with van der Waals surface area (Å²) in [6, 6.07) is 18.5. The zero-order valence-corrected chi connectivity index (χ0v) is 16.6. The number of anilines is 2. The topological polar surface area (TPSA) is 58.2 Å². The Balaban J connectivity index is 1.91. The molecule has 4 heteroatoms. The van der Waals surface area contributed by atoms with E-state index in [1.807, 2.05) is 64.1 Å². The van der Waals surface area contributed by atoms with Crippen molar-refractivity contribution in [3.63, 3.8) is 0 Å². The summed E-state index contributed by atoms with van der Waals surface area (Å²) in [5, 5.41) is 5.92. The van der Waals surface area contributed by atoms with E-state index >= 15 is 0 Å². The van der Waals surface area contributed by atoms with Crippen LogP contribution >= 0.6 is 0 Å². The van der Waals surface area contributed by atoms with Gasteiger partial charge < -0.3 is 10.6 Å². The number of amides is 2. The van der Waals surface area contributed by atoms with Crippen LogP contribution < -0.4 is 10.6 Å². The van der Waals surface area contributed by atoms with E-state index in [1.54, 1.807) is 24.3 Å². The third-order valence-electron chi connectivity index (χ3n) is 4.86. The second kappa shape index (κ2) is 8.09. The van der Waals surface area contributed by atoms with Crippen LogP contribution in [0.15, 0.2) is 60.7 Å². The fraction of sp³-hybridized carbons (Fsp3) is 0.167. The van der Waals surface area contributed by atoms with Crippen LogP contribution in [0.5, 0.6) is 0 Å². The van der Waals surface area contributed by atoms with Gasteiger partial charge >= 0.3 is 0 Å². The van der Waals surface area contributed by atoms with Crippen molar-refractivity contribution in [2.24, 2.45) is 0 Å². The van der Waals surface area contributed by atoms with E-state index < -0.39 is 0 Å². The third kappa shape index (κ3) is 3.96. The Bertz CT molecular complexity index is 929. The SMILES string of the molecule is Cc1cccc(C)c1NC(=O)c1ccccc1C(=O)Nc1c(C)cccc1C. The van der Waals surface area contributed by atoms with Crippen LogP contribution in [0.3, 0.4) is 0 Å². The van der Waals surface area contributed by atoms with Crippen LogP contribution in [0.2, 0.25) is 0 Å². The van der Waals surface area contributed by atoms with Crippen molar-refractivity contribution in [3.05, 3.63) is 94.0 Å². The summed E-state index contributed by atoms with van der Waals surface area (Å²) in [5.74, 6) is -0.602. The van der Waals surface area contributed by atoms with E-state index in [1.165, 1.54) is 0 Å². The quantitative estimate of drug-likeness (QED) is 0.642. The summed E-state index contributed by atoms with van der Waals surface area (Å²) < 4.78 is 0. The van der Waals surface area contributed by atoms with Gasteiger partial charge in [0.25, 0.3) is 11.8 Å². The van der Waals surface area contributed by atoms with Gasteiger partial charge in [0.15, 0.2) is 0 Å². The molecule has 0 radical (unpaired) electrons. The van der Waals surface area contributed by atoms with Gasteiger partial charge in [0.1, 0.15) is 0 Å². The molecule has 0 heterocycles. The van der Waals surface area contributed by atoms with Crippen LogP contribution in [0.25, 0.3) is 0 Å². The highest BCUT2D eigenvalue weighted by atomic mass is 16.2. The van der Waals surface area contributed by atoms with Gasteiger partial charge in [-0.05, 0) is 62.1 Å². The van der Waals surface area contributed by atoms with Gasteiger partial charge in [-0.25, -0.2) is 0 Å². The Morgan fingerprint density at radius 1 is 0.536 bits per heavy atom. The summed E-state index contributed by atoms with van der Waals surface area (Å²) in [4.78, 5) is 25.9. The number of hydrogen-bond donors (Lipinski definition) is 2. The van der Waals surface area contributed by atoms with Crippen molar-refractivity contribution in [3.8, 4) is 0 Å². The van der Waals surface area contributed by atoms with Gasteiger partial charge in [0, 0.05) is 11.4 Å². The predicted octanol–water partition coefficient (Wildman–Crippen LogP) is 5.42. The van der Waals surface area contributed by atoms with Crippen molar-refractivity contribution in [1.29, 1.82) is 0 Å². The van der Waals surface area contributed by atoms with Crippen molar-refractivity contribution in [2.75, 3.05) is 10.6 Å². The van der Waals surface area contributed by atoms with Crippen molar-refractivity contribution in [1.82, 2.24) is 0 Å². The summed E-state index contributed by atoms with van der Waals surface area (Å²) >= 11 is 0. The standard InChI is InChI=1S/C24H24N2O2/c1-15-9-7-10-16(2)21(15)25-23(27)19-13-5-6-14-20(19)24(28)26-22-17(3)11-8-12-18(22)4/h5-14H,1-4H3,(H,25,27)(H,26,28). The zero-order valence-electron chi connectivity index (χ0n) is 16.6. The lowest BCUT2D eigenvalue weighted by Gasteiger charge is -2.15. The van der Waals surface area contributed by atoms with Crippen LogP contribution in [0.1, 0.15) is 43.0 Å². The minimum absolute atomic E-state index is 0.301. The van der Waals surface area contributed by atoms with Gasteiger partial charge in [-0.1, -0.05) is 48.5 Å². The Hall–Kier alpha value is -3.40. The van der Waals surface area contributed by atoms with Crippen LogP contribution in [-0.4, -0.2) is 11.8 Å². The number of nitrogens with one attached hydrogen (secondary N) is 2. The fourth-order valence-corrected chi connectivity index (χ4v) is 3.26. The fourth-order valence-electron chi connectivity index (χ4n) is 3.26. The highest BCUT2D eigenvalue weighted by Gasteiger charge is 2.19. The average Bonchev–Trinajstić information content (AvgIpc) is 2.67. The van der Waals surface area contributed by atoms with Crippen molar-refractivity contribution < 1.29 is 9.59 Å². The number of carbonyl (C=O) groups is 2. The molecule has 142 valence electrons. The van der Waals surface area contributed by atoms with E-state index in [0.29, 0.717) is 11.1 Å². The molecule has 2 N–H and O–H groups in total. The average molecular weight is 372 g/mol. The number of carbonyl (C=O) groups excluding carboxylic acids is 2. The molecule has 0 aliphatic heterocycles. The molecule has 4 nitrogen and oxygen atoms in total. The van der Waals surface area contributed by atoms with Gasteiger partial charge in [-0.2, -0.15) is 0 Å². The Kier molecular flexibility index (Phi) is 5.59. The number of aryl methyl sites for hydroxylation is 4. The molecule has 3 rings (SSSR count). The smallest absolute Gasteiger partial charge is 0.256 e. The molecule has 0 saturated carbocycles. The number of benzene rings is 3. The first-order valence-electron chi connectivity index (χ1n) is 9.22. The molecule has 28 heavy (non-hydrogen) atoms. The zero-order chi connectivity index (χ0) is 20.3. The molecule has 2 amide bonds. The molecule has 0 bridgehead atoms. The van der Waals surface area contributed by atoms with Gasteiger partial charge in [0.2, 0.25) is 0 Å². The summed E-state index contributed by atoms with van der Waals surface area (Å²) in [5.41, 5.74) is 6.14. The lowest BCUT2D eigenvalue weighted by Crippen LogP contribution is -2.21. The first kappa shape index (κ1) is 19.4. The first-order chi connectivity index (χ1) is 13.4. The minimum atomic E-state index is -0.301. The highest BCUT2D eigenvalue weighted by Crippen LogP contribution is 2.23. The molecule has 0 aliphatic carbocycles. The molecule has 0 spiro atoms. The van der Waals surface area contributed by atoms with Gasteiger partial charge in [-0.3, -0.25) is 9.59 Å². The number of para-hydroxylation sites is 2. The minimum Gasteiger partial charge on any atom is -0.321 e. The van der Waals surface area contributed by atoms with Crippen molar-refractivity contribution in [2.45, 2.75) is 27.7 Å². The monoisotopic (exact) mass is 372 g/mol.